The summed E-state index contributed by atoms with van der Waals surface area (Å²) in [5.74, 6) is 0.642. The molecule has 3 nitrogen and oxygen atoms in total. The molecule has 2 aromatic rings. The van der Waals surface area contributed by atoms with E-state index in [1.54, 1.807) is 12.1 Å². The molecule has 24 heavy (non-hydrogen) atoms. The van der Waals surface area contributed by atoms with Crippen LogP contribution in [-0.2, 0) is 17.2 Å². The van der Waals surface area contributed by atoms with Crippen molar-refractivity contribution in [3.05, 3.63) is 65.4 Å². The van der Waals surface area contributed by atoms with Gasteiger partial charge >= 0.3 is 5.51 Å². The summed E-state index contributed by atoms with van der Waals surface area (Å²) in [6, 6.07) is 11.4. The smallest absolute Gasteiger partial charge is 0.473 e. The first kappa shape index (κ1) is 16.7. The third-order valence-corrected chi connectivity index (χ3v) is 3.88. The number of fused-ring (bicyclic) bond motifs is 1. The number of aromatic nitrogens is 1. The number of hydrogen-bond acceptors (Lipinski definition) is 4. The van der Waals surface area contributed by atoms with Crippen molar-refractivity contribution in [1.29, 1.82) is 0 Å². The molecular formula is C17H14F3NO2S. The van der Waals surface area contributed by atoms with Gasteiger partial charge < -0.3 is 8.92 Å². The molecule has 0 N–H and O–H groups in total. The molecule has 0 bridgehead atoms. The number of halogens is 3. The second-order valence-corrected chi connectivity index (χ2v) is 5.97. The standard InChI is InChI=1S/C17H14F3NO2S/c18-17(19,20)24-23-15-8-4-7-13-9-16(21-10-14(13)15)22-11-12-5-2-1-3-6-12/h1-3,5-6,8-10H,4,7,11H2. The quantitative estimate of drug-likeness (QED) is 0.697. The molecule has 1 aromatic carbocycles. The number of pyridine rings is 1. The van der Waals surface area contributed by atoms with Crippen LogP contribution in [0.4, 0.5) is 13.2 Å². The summed E-state index contributed by atoms with van der Waals surface area (Å²) >= 11 is -0.512. The highest BCUT2D eigenvalue weighted by Crippen LogP contribution is 2.38. The van der Waals surface area contributed by atoms with Crippen LogP contribution in [0.15, 0.2) is 48.7 Å². The molecule has 0 spiro atoms. The molecule has 0 fully saturated rings. The third kappa shape index (κ3) is 4.44. The lowest BCUT2D eigenvalue weighted by atomic mass is 9.98. The van der Waals surface area contributed by atoms with Gasteiger partial charge in [-0.15, -0.1) is 0 Å². The minimum Gasteiger partial charge on any atom is -0.473 e. The molecule has 0 saturated carbocycles. The van der Waals surface area contributed by atoms with Gasteiger partial charge in [-0.25, -0.2) is 4.98 Å². The predicted octanol–water partition coefficient (Wildman–Crippen LogP) is 5.13. The zero-order valence-corrected chi connectivity index (χ0v) is 13.4. The van der Waals surface area contributed by atoms with Crippen LogP contribution in [-0.4, -0.2) is 10.5 Å². The summed E-state index contributed by atoms with van der Waals surface area (Å²) in [7, 11) is 0. The molecule has 0 aliphatic heterocycles. The first-order chi connectivity index (χ1) is 11.5. The highest BCUT2D eigenvalue weighted by Gasteiger charge is 2.32. The Labute approximate surface area is 141 Å². The molecule has 7 heteroatoms. The van der Waals surface area contributed by atoms with Gasteiger partial charge in [0.05, 0.1) is 0 Å². The van der Waals surface area contributed by atoms with Crippen molar-refractivity contribution in [3.8, 4) is 5.88 Å². The Morgan fingerprint density at radius 1 is 1.17 bits per heavy atom. The Kier molecular flexibility index (Phi) is 4.99. The molecule has 0 unspecified atom stereocenters. The number of aryl methyl sites for hydroxylation is 1. The van der Waals surface area contributed by atoms with E-state index in [1.807, 2.05) is 30.3 Å². The fourth-order valence-electron chi connectivity index (χ4n) is 2.35. The van der Waals surface area contributed by atoms with Gasteiger partial charge in [-0.3, -0.25) is 0 Å². The van der Waals surface area contributed by atoms with Crippen LogP contribution >= 0.6 is 12.0 Å². The van der Waals surface area contributed by atoms with E-state index in [-0.39, 0.29) is 5.76 Å². The van der Waals surface area contributed by atoms with Crippen molar-refractivity contribution in [2.75, 3.05) is 0 Å². The van der Waals surface area contributed by atoms with Crippen LogP contribution in [0.25, 0.3) is 5.76 Å². The molecule has 0 radical (unpaired) electrons. The van der Waals surface area contributed by atoms with Crippen LogP contribution in [0.1, 0.15) is 23.1 Å². The Balaban J connectivity index is 1.68. The Morgan fingerprint density at radius 2 is 1.96 bits per heavy atom. The first-order valence-electron chi connectivity index (χ1n) is 7.30. The minimum absolute atomic E-state index is 0.195. The van der Waals surface area contributed by atoms with Gasteiger partial charge in [0.25, 0.3) is 0 Å². The highest BCUT2D eigenvalue weighted by molar-refractivity contribution is 7.95. The summed E-state index contributed by atoms with van der Waals surface area (Å²) in [5.41, 5.74) is -1.98. The maximum Gasteiger partial charge on any atom is 0.479 e. The Bertz CT molecular complexity index is 732. The molecule has 1 aliphatic rings. The lowest BCUT2D eigenvalue weighted by Gasteiger charge is -2.18. The summed E-state index contributed by atoms with van der Waals surface area (Å²) in [6.45, 7) is 0.385. The topological polar surface area (TPSA) is 31.4 Å². The van der Waals surface area contributed by atoms with Gasteiger partial charge in [0, 0.05) is 17.8 Å². The van der Waals surface area contributed by atoms with Crippen LogP contribution < -0.4 is 4.74 Å². The van der Waals surface area contributed by atoms with Crippen molar-refractivity contribution < 1.29 is 22.1 Å². The second kappa shape index (κ2) is 7.17. The van der Waals surface area contributed by atoms with Crippen LogP contribution in [0.3, 0.4) is 0 Å². The van der Waals surface area contributed by atoms with E-state index in [4.69, 9.17) is 8.92 Å². The average Bonchev–Trinajstić information content (AvgIpc) is 2.58. The number of benzene rings is 1. The molecule has 1 heterocycles. The molecule has 1 aliphatic carbocycles. The average molecular weight is 353 g/mol. The normalized spacial score (nSPS) is 13.9. The van der Waals surface area contributed by atoms with E-state index in [1.165, 1.54) is 6.20 Å². The number of nitrogens with zero attached hydrogens (tertiary/aromatic N) is 1. The summed E-state index contributed by atoms with van der Waals surface area (Å²) in [5, 5.41) is 0. The minimum atomic E-state index is -4.44. The zero-order valence-electron chi connectivity index (χ0n) is 12.5. The summed E-state index contributed by atoms with van der Waals surface area (Å²) < 4.78 is 47.3. The van der Waals surface area contributed by atoms with Gasteiger partial charge in [0.1, 0.15) is 12.4 Å². The molecule has 0 amide bonds. The van der Waals surface area contributed by atoms with E-state index < -0.39 is 17.6 Å². The maximum atomic E-state index is 12.3. The van der Waals surface area contributed by atoms with Gasteiger partial charge in [0.2, 0.25) is 5.88 Å². The fourth-order valence-corrected chi connectivity index (χ4v) is 2.70. The van der Waals surface area contributed by atoms with Crippen molar-refractivity contribution in [1.82, 2.24) is 4.98 Å². The monoisotopic (exact) mass is 353 g/mol. The molecular weight excluding hydrogens is 339 g/mol. The van der Waals surface area contributed by atoms with E-state index in [9.17, 15) is 13.2 Å². The van der Waals surface area contributed by atoms with Crippen LogP contribution in [0.5, 0.6) is 5.88 Å². The second-order valence-electron chi connectivity index (χ2n) is 5.17. The van der Waals surface area contributed by atoms with Crippen LogP contribution in [0, 0.1) is 0 Å². The Hall–Kier alpha value is -2.15. The number of alkyl halides is 3. The molecule has 0 saturated heterocycles. The zero-order chi connectivity index (χ0) is 17.0. The molecule has 3 rings (SSSR count). The molecule has 1 aromatic heterocycles. The van der Waals surface area contributed by atoms with Crippen LogP contribution in [0.2, 0.25) is 0 Å². The number of allylic oxidation sites excluding steroid dienone is 1. The highest BCUT2D eigenvalue weighted by atomic mass is 32.2. The van der Waals surface area contributed by atoms with E-state index in [0.29, 0.717) is 30.9 Å². The summed E-state index contributed by atoms with van der Waals surface area (Å²) in [4.78, 5) is 4.17. The fraction of sp³-hybridized carbons (Fsp3) is 0.235. The van der Waals surface area contributed by atoms with Gasteiger partial charge in [0.15, 0.2) is 12.0 Å². The predicted molar refractivity (Wildman–Crippen MR) is 86.0 cm³/mol. The first-order valence-corrected chi connectivity index (χ1v) is 8.04. The Morgan fingerprint density at radius 3 is 2.71 bits per heavy atom. The molecule has 126 valence electrons. The van der Waals surface area contributed by atoms with Gasteiger partial charge in [-0.2, -0.15) is 13.2 Å². The third-order valence-electron chi connectivity index (χ3n) is 3.43. The molecule has 0 atom stereocenters. The van der Waals surface area contributed by atoms with E-state index >= 15 is 0 Å². The van der Waals surface area contributed by atoms with Crippen molar-refractivity contribution in [3.63, 3.8) is 0 Å². The van der Waals surface area contributed by atoms with Gasteiger partial charge in [-0.05, 0) is 30.0 Å². The van der Waals surface area contributed by atoms with Crippen molar-refractivity contribution in [2.24, 2.45) is 0 Å². The van der Waals surface area contributed by atoms with E-state index in [0.717, 1.165) is 11.1 Å². The number of hydrogen-bond donors (Lipinski definition) is 0. The van der Waals surface area contributed by atoms with Crippen molar-refractivity contribution in [2.45, 2.75) is 25.0 Å². The van der Waals surface area contributed by atoms with E-state index in [2.05, 4.69) is 4.98 Å². The number of ether oxygens (including phenoxy) is 1. The van der Waals surface area contributed by atoms with Gasteiger partial charge in [-0.1, -0.05) is 30.3 Å². The largest absolute Gasteiger partial charge is 0.479 e. The number of rotatable bonds is 5. The summed E-state index contributed by atoms with van der Waals surface area (Å²) in [6.07, 6.45) is 4.47. The lowest BCUT2D eigenvalue weighted by molar-refractivity contribution is -0.0375. The SMILES string of the molecule is FC(F)(F)SOC1=CCCc2cc(OCc3ccccc3)ncc21. The van der Waals surface area contributed by atoms with Crippen molar-refractivity contribution >= 4 is 17.8 Å². The maximum absolute atomic E-state index is 12.3. The lowest BCUT2D eigenvalue weighted by Crippen LogP contribution is -2.06.